The maximum Gasteiger partial charge on any atom is 0.334 e. The second kappa shape index (κ2) is 6.46. The fourth-order valence-electron chi connectivity index (χ4n) is 3.26. The number of hydrogen-bond donors (Lipinski definition) is 0. The maximum atomic E-state index is 11.6. The molecule has 22 heavy (non-hydrogen) atoms. The highest BCUT2D eigenvalue weighted by atomic mass is 16.6. The molecule has 0 radical (unpaired) electrons. The van der Waals surface area contributed by atoms with Crippen molar-refractivity contribution >= 4 is 17.7 Å². The summed E-state index contributed by atoms with van der Waals surface area (Å²) < 4.78 is 10.7. The molecule has 1 aliphatic carbocycles. The molecule has 0 aromatic heterocycles. The summed E-state index contributed by atoms with van der Waals surface area (Å²) in [5.41, 5.74) is 1.44. The van der Waals surface area contributed by atoms with Gasteiger partial charge in [0, 0.05) is 24.8 Å². The van der Waals surface area contributed by atoms with Gasteiger partial charge in [-0.3, -0.25) is 9.59 Å². The van der Waals surface area contributed by atoms with Gasteiger partial charge in [0.2, 0.25) is 0 Å². The molecule has 5 nitrogen and oxygen atoms in total. The molecule has 0 bridgehead atoms. The Labute approximate surface area is 130 Å². The smallest absolute Gasteiger partial charge is 0.334 e. The van der Waals surface area contributed by atoms with E-state index in [1.165, 1.54) is 13.8 Å². The van der Waals surface area contributed by atoms with Crippen molar-refractivity contribution in [3.8, 4) is 0 Å². The zero-order valence-corrected chi connectivity index (χ0v) is 13.3. The molecular formula is C17H22O5. The van der Waals surface area contributed by atoms with Crippen molar-refractivity contribution in [1.29, 1.82) is 0 Å². The van der Waals surface area contributed by atoms with Gasteiger partial charge in [-0.25, -0.2) is 4.79 Å². The van der Waals surface area contributed by atoms with Crippen LogP contribution in [-0.2, 0) is 23.9 Å². The average molecular weight is 306 g/mol. The molecule has 5 heteroatoms. The second-order valence-electron chi connectivity index (χ2n) is 6.16. The van der Waals surface area contributed by atoms with Crippen LogP contribution < -0.4 is 0 Å². The Morgan fingerprint density at radius 3 is 2.73 bits per heavy atom. The molecule has 1 saturated heterocycles. The van der Waals surface area contributed by atoms with E-state index in [4.69, 9.17) is 9.47 Å². The molecule has 2 rings (SSSR count). The second-order valence-corrected chi connectivity index (χ2v) is 6.16. The Kier molecular flexibility index (Phi) is 4.84. The molecule has 0 spiro atoms. The van der Waals surface area contributed by atoms with Crippen molar-refractivity contribution < 1.29 is 23.9 Å². The lowest BCUT2D eigenvalue weighted by Crippen LogP contribution is -2.26. The molecule has 0 aromatic carbocycles. The third-order valence-corrected chi connectivity index (χ3v) is 4.33. The van der Waals surface area contributed by atoms with E-state index in [0.717, 1.165) is 5.57 Å². The van der Waals surface area contributed by atoms with Crippen molar-refractivity contribution in [3.63, 3.8) is 0 Å². The Morgan fingerprint density at radius 1 is 1.45 bits per heavy atom. The van der Waals surface area contributed by atoms with E-state index in [0.29, 0.717) is 18.4 Å². The Morgan fingerprint density at radius 2 is 2.14 bits per heavy atom. The maximum absolute atomic E-state index is 11.6. The lowest BCUT2D eigenvalue weighted by molar-refractivity contribution is -0.145. The molecule has 1 fully saturated rings. The van der Waals surface area contributed by atoms with Crippen LogP contribution in [-0.4, -0.2) is 29.9 Å². The van der Waals surface area contributed by atoms with Gasteiger partial charge < -0.3 is 9.47 Å². The Hall–Kier alpha value is -1.91. The largest absolute Gasteiger partial charge is 0.458 e. The number of esters is 2. The normalized spacial score (nSPS) is 29.0. The lowest BCUT2D eigenvalue weighted by atomic mass is 9.89. The van der Waals surface area contributed by atoms with Crippen LogP contribution in [0.2, 0.25) is 0 Å². The monoisotopic (exact) mass is 306 g/mol. The minimum absolute atomic E-state index is 0.0252. The summed E-state index contributed by atoms with van der Waals surface area (Å²) in [6, 6.07) is 0. The number of fused-ring (bicyclic) bond motifs is 1. The van der Waals surface area contributed by atoms with Gasteiger partial charge in [-0.1, -0.05) is 19.6 Å². The van der Waals surface area contributed by atoms with Crippen LogP contribution in [0.3, 0.4) is 0 Å². The molecule has 1 aliphatic heterocycles. The quantitative estimate of drug-likeness (QED) is 0.453. The predicted octanol–water partition coefficient (Wildman–Crippen LogP) is 2.35. The highest BCUT2D eigenvalue weighted by molar-refractivity contribution is 5.90. The minimum Gasteiger partial charge on any atom is -0.458 e. The summed E-state index contributed by atoms with van der Waals surface area (Å²) >= 11 is 0. The first kappa shape index (κ1) is 16.5. The highest BCUT2D eigenvalue weighted by Crippen LogP contribution is 2.39. The molecule has 0 saturated carbocycles. The van der Waals surface area contributed by atoms with Gasteiger partial charge >= 0.3 is 11.9 Å². The van der Waals surface area contributed by atoms with Gasteiger partial charge in [0.25, 0.3) is 0 Å². The standard InChI is InChI=1S/C17H22O5/c1-9-7-15-14(11(3)17(20)22-15)6-5-13(9)16(8-10(2)18)21-12(4)19/h5,9,14-16H,3,6-8H2,1-2,4H3/t9-,14+,15-,16-/m1/s1. The topological polar surface area (TPSA) is 69.7 Å². The summed E-state index contributed by atoms with van der Waals surface area (Å²) in [5, 5.41) is 0. The van der Waals surface area contributed by atoms with E-state index in [2.05, 4.69) is 6.58 Å². The fraction of sp³-hybridized carbons (Fsp3) is 0.588. The SMILES string of the molecule is C=C1C(=O)O[C@@H]2C[C@@H](C)C([C@@H](CC(C)=O)OC(C)=O)=CC[C@@H]12. The summed E-state index contributed by atoms with van der Waals surface area (Å²) in [6.07, 6.45) is 2.71. The molecule has 0 aromatic rings. The highest BCUT2D eigenvalue weighted by Gasteiger charge is 2.41. The molecule has 0 N–H and O–H groups in total. The molecule has 2 aliphatic rings. The zero-order valence-electron chi connectivity index (χ0n) is 13.3. The van der Waals surface area contributed by atoms with Crippen molar-refractivity contribution in [3.05, 3.63) is 23.8 Å². The average Bonchev–Trinajstić information content (AvgIpc) is 2.56. The van der Waals surface area contributed by atoms with E-state index in [-0.39, 0.29) is 36.1 Å². The van der Waals surface area contributed by atoms with E-state index in [1.807, 2.05) is 13.0 Å². The summed E-state index contributed by atoms with van der Waals surface area (Å²) in [6.45, 7) is 8.63. The molecule has 120 valence electrons. The number of ether oxygens (including phenoxy) is 2. The van der Waals surface area contributed by atoms with E-state index >= 15 is 0 Å². The lowest BCUT2D eigenvalue weighted by Gasteiger charge is -2.24. The molecule has 0 unspecified atom stereocenters. The molecule has 0 amide bonds. The van der Waals surface area contributed by atoms with E-state index in [1.54, 1.807) is 0 Å². The van der Waals surface area contributed by atoms with Crippen LogP contribution in [0, 0.1) is 11.8 Å². The summed E-state index contributed by atoms with van der Waals surface area (Å²) in [7, 11) is 0. The van der Waals surface area contributed by atoms with Crippen LogP contribution in [0.1, 0.15) is 40.0 Å². The minimum atomic E-state index is -0.534. The van der Waals surface area contributed by atoms with Crippen LogP contribution >= 0.6 is 0 Å². The first-order valence-corrected chi connectivity index (χ1v) is 7.56. The predicted molar refractivity (Wildman–Crippen MR) is 79.8 cm³/mol. The molecule has 1 heterocycles. The number of ketones is 1. The summed E-state index contributed by atoms with van der Waals surface area (Å²) in [5.74, 6) is -0.710. The zero-order chi connectivity index (χ0) is 16.4. The van der Waals surface area contributed by atoms with Gasteiger partial charge in [0.1, 0.15) is 18.0 Å². The van der Waals surface area contributed by atoms with Crippen LogP contribution in [0.15, 0.2) is 23.8 Å². The van der Waals surface area contributed by atoms with Gasteiger partial charge in [-0.05, 0) is 31.3 Å². The van der Waals surface area contributed by atoms with Gasteiger partial charge in [-0.2, -0.15) is 0 Å². The third-order valence-electron chi connectivity index (χ3n) is 4.33. The number of allylic oxidation sites excluding steroid dienone is 1. The Bertz CT molecular complexity index is 529. The van der Waals surface area contributed by atoms with Gasteiger partial charge in [-0.15, -0.1) is 0 Å². The third kappa shape index (κ3) is 3.46. The van der Waals surface area contributed by atoms with Gasteiger partial charge in [0.05, 0.1) is 0 Å². The molecule has 4 atom stereocenters. The Balaban J connectivity index is 2.23. The van der Waals surface area contributed by atoms with Crippen molar-refractivity contribution in [1.82, 2.24) is 0 Å². The number of rotatable bonds is 4. The van der Waals surface area contributed by atoms with Crippen LogP contribution in [0.25, 0.3) is 0 Å². The van der Waals surface area contributed by atoms with E-state index in [9.17, 15) is 14.4 Å². The number of carbonyl (C=O) groups excluding carboxylic acids is 3. The first-order chi connectivity index (χ1) is 10.3. The number of hydrogen-bond acceptors (Lipinski definition) is 5. The van der Waals surface area contributed by atoms with E-state index < -0.39 is 12.1 Å². The van der Waals surface area contributed by atoms with Crippen LogP contribution in [0.4, 0.5) is 0 Å². The van der Waals surface area contributed by atoms with Crippen molar-refractivity contribution in [2.24, 2.45) is 11.8 Å². The number of Topliss-reactive ketones (excluding diaryl/α,β-unsaturated/α-hetero) is 1. The molecular weight excluding hydrogens is 284 g/mol. The first-order valence-electron chi connectivity index (χ1n) is 7.56. The number of carbonyl (C=O) groups is 3. The van der Waals surface area contributed by atoms with Gasteiger partial charge in [0.15, 0.2) is 0 Å². The fourth-order valence-corrected chi connectivity index (χ4v) is 3.26. The van der Waals surface area contributed by atoms with Crippen molar-refractivity contribution in [2.75, 3.05) is 0 Å². The van der Waals surface area contributed by atoms with Crippen LogP contribution in [0.5, 0.6) is 0 Å². The summed E-state index contributed by atoms with van der Waals surface area (Å²) in [4.78, 5) is 34.4. The van der Waals surface area contributed by atoms with Crippen molar-refractivity contribution in [2.45, 2.75) is 52.2 Å².